The van der Waals surface area contributed by atoms with Crippen molar-refractivity contribution < 1.29 is 0 Å². The molecule has 0 radical (unpaired) electrons. The van der Waals surface area contributed by atoms with E-state index < -0.39 is 0 Å². The molecule has 0 fully saturated rings. The van der Waals surface area contributed by atoms with Crippen LogP contribution in [0.25, 0.3) is 11.3 Å². The van der Waals surface area contributed by atoms with E-state index in [0.29, 0.717) is 12.0 Å². The largest absolute Gasteiger partial charge is 0.354 e. The topological polar surface area (TPSA) is 55.6 Å². The van der Waals surface area contributed by atoms with Crippen LogP contribution in [0.4, 0.5) is 5.95 Å². The van der Waals surface area contributed by atoms with Crippen LogP contribution in [0.2, 0.25) is 0 Å². The molecular weight excluding hydrogens is 262 g/mol. The third-order valence-electron chi connectivity index (χ3n) is 2.91. The van der Waals surface area contributed by atoms with Crippen molar-refractivity contribution in [2.45, 2.75) is 54.0 Å². The zero-order chi connectivity index (χ0) is 15.8. The summed E-state index contributed by atoms with van der Waals surface area (Å²) in [6, 6.07) is 2.28. The molecule has 2 heterocycles. The van der Waals surface area contributed by atoms with Crippen molar-refractivity contribution in [2.75, 3.05) is 11.9 Å². The molecule has 1 N–H and O–H groups in total. The molecule has 0 amide bonds. The molecule has 0 spiro atoms. The molecule has 2 aromatic heterocycles. The molecule has 2 aromatic rings. The molecule has 5 nitrogen and oxygen atoms in total. The summed E-state index contributed by atoms with van der Waals surface area (Å²) in [6.07, 6.45) is 4.89. The minimum Gasteiger partial charge on any atom is -0.354 e. The van der Waals surface area contributed by atoms with Gasteiger partial charge in [0.15, 0.2) is 0 Å². The maximum atomic E-state index is 4.54. The summed E-state index contributed by atoms with van der Waals surface area (Å²) >= 11 is 0. The Morgan fingerprint density at radius 1 is 1.29 bits per heavy atom. The summed E-state index contributed by atoms with van der Waals surface area (Å²) in [5.74, 6) is 0.677. The van der Waals surface area contributed by atoms with Gasteiger partial charge >= 0.3 is 0 Å². The van der Waals surface area contributed by atoms with Crippen molar-refractivity contribution in [3.8, 4) is 11.3 Å². The summed E-state index contributed by atoms with van der Waals surface area (Å²) in [6.45, 7) is 13.2. The van der Waals surface area contributed by atoms with Gasteiger partial charge in [-0.15, -0.1) is 0 Å². The predicted molar refractivity (Wildman–Crippen MR) is 88.5 cm³/mol. The van der Waals surface area contributed by atoms with Crippen molar-refractivity contribution in [1.82, 2.24) is 19.7 Å². The molecule has 0 aliphatic carbocycles. The van der Waals surface area contributed by atoms with Crippen molar-refractivity contribution in [3.63, 3.8) is 0 Å². The van der Waals surface area contributed by atoms with Crippen LogP contribution in [0.5, 0.6) is 0 Å². The van der Waals surface area contributed by atoms with E-state index in [4.69, 9.17) is 0 Å². The van der Waals surface area contributed by atoms with Crippen molar-refractivity contribution in [1.29, 1.82) is 0 Å². The van der Waals surface area contributed by atoms with Gasteiger partial charge < -0.3 is 5.32 Å². The van der Waals surface area contributed by atoms with Gasteiger partial charge in [0.1, 0.15) is 0 Å². The standard InChI is InChI=1S/C14H21N5.C2H6/c1-5-7-15-14-16-8-6-13(17-14)12-9-19(10(2)3)18-11(12)4;1-2/h6,8-10H,5,7H2,1-4H3,(H,15,16,17);1-2H3. The molecule has 0 aliphatic rings. The Hall–Kier alpha value is -1.91. The Morgan fingerprint density at radius 2 is 2.00 bits per heavy atom. The lowest BCUT2D eigenvalue weighted by Gasteiger charge is -2.05. The Morgan fingerprint density at radius 3 is 2.57 bits per heavy atom. The molecular formula is C16H27N5. The number of aryl methyl sites for hydroxylation is 1. The fraction of sp³-hybridized carbons (Fsp3) is 0.562. The van der Waals surface area contributed by atoms with Gasteiger partial charge in [-0.2, -0.15) is 5.10 Å². The van der Waals surface area contributed by atoms with Gasteiger partial charge in [0, 0.05) is 30.5 Å². The average molecular weight is 289 g/mol. The Bertz CT molecular complexity index is 545. The first-order valence-electron chi connectivity index (χ1n) is 7.75. The van der Waals surface area contributed by atoms with Gasteiger partial charge in [-0.05, 0) is 33.3 Å². The smallest absolute Gasteiger partial charge is 0.223 e. The minimum atomic E-state index is 0.354. The van der Waals surface area contributed by atoms with Gasteiger partial charge in [-0.3, -0.25) is 4.68 Å². The molecule has 0 aliphatic heterocycles. The van der Waals surface area contributed by atoms with Crippen molar-refractivity contribution in [2.24, 2.45) is 0 Å². The minimum absolute atomic E-state index is 0.354. The van der Waals surface area contributed by atoms with E-state index in [2.05, 4.69) is 41.2 Å². The van der Waals surface area contributed by atoms with Gasteiger partial charge in [0.25, 0.3) is 0 Å². The van der Waals surface area contributed by atoms with Crippen LogP contribution in [-0.2, 0) is 0 Å². The van der Waals surface area contributed by atoms with Crippen LogP contribution in [-0.4, -0.2) is 26.3 Å². The number of nitrogens with zero attached hydrogens (tertiary/aromatic N) is 4. The normalized spacial score (nSPS) is 10.2. The monoisotopic (exact) mass is 289 g/mol. The van der Waals surface area contributed by atoms with Crippen LogP contribution < -0.4 is 5.32 Å². The highest BCUT2D eigenvalue weighted by Gasteiger charge is 2.11. The highest BCUT2D eigenvalue weighted by atomic mass is 15.3. The van der Waals surface area contributed by atoms with Crippen LogP contribution >= 0.6 is 0 Å². The van der Waals surface area contributed by atoms with Crippen LogP contribution in [0.3, 0.4) is 0 Å². The van der Waals surface area contributed by atoms with Crippen LogP contribution in [0.15, 0.2) is 18.5 Å². The number of anilines is 1. The number of hydrogen-bond donors (Lipinski definition) is 1. The van der Waals surface area contributed by atoms with E-state index in [-0.39, 0.29) is 0 Å². The van der Waals surface area contributed by atoms with Gasteiger partial charge in [0.2, 0.25) is 5.95 Å². The summed E-state index contributed by atoms with van der Waals surface area (Å²) in [5, 5.41) is 7.72. The molecule has 0 bridgehead atoms. The average Bonchev–Trinajstić information content (AvgIpc) is 2.90. The van der Waals surface area contributed by atoms with Crippen molar-refractivity contribution >= 4 is 5.95 Å². The Labute approximate surface area is 127 Å². The Balaban J connectivity index is 0.00000106. The second-order valence-corrected chi connectivity index (χ2v) is 4.89. The summed E-state index contributed by atoms with van der Waals surface area (Å²) in [5.41, 5.74) is 2.97. The van der Waals surface area contributed by atoms with E-state index in [1.165, 1.54) is 0 Å². The van der Waals surface area contributed by atoms with E-state index in [9.17, 15) is 0 Å². The quantitative estimate of drug-likeness (QED) is 0.901. The fourth-order valence-corrected chi connectivity index (χ4v) is 1.83. The molecule has 21 heavy (non-hydrogen) atoms. The summed E-state index contributed by atoms with van der Waals surface area (Å²) in [7, 11) is 0. The van der Waals surface area contributed by atoms with Crippen LogP contribution in [0.1, 0.15) is 52.8 Å². The molecule has 0 saturated heterocycles. The zero-order valence-corrected chi connectivity index (χ0v) is 14.0. The second-order valence-electron chi connectivity index (χ2n) is 4.89. The van der Waals surface area contributed by atoms with E-state index in [1.807, 2.05) is 37.7 Å². The first-order valence-corrected chi connectivity index (χ1v) is 7.75. The lowest BCUT2D eigenvalue weighted by Crippen LogP contribution is -2.04. The van der Waals surface area contributed by atoms with E-state index in [1.54, 1.807) is 6.20 Å². The van der Waals surface area contributed by atoms with Gasteiger partial charge in [-0.25, -0.2) is 9.97 Å². The molecule has 116 valence electrons. The van der Waals surface area contributed by atoms with Crippen LogP contribution in [0, 0.1) is 6.92 Å². The number of hydrogen-bond acceptors (Lipinski definition) is 4. The first-order chi connectivity index (χ1) is 10.1. The lowest BCUT2D eigenvalue weighted by atomic mass is 10.2. The fourth-order valence-electron chi connectivity index (χ4n) is 1.83. The van der Waals surface area contributed by atoms with Gasteiger partial charge in [0.05, 0.1) is 11.4 Å². The third kappa shape index (κ3) is 4.55. The molecule has 2 rings (SSSR count). The second kappa shape index (κ2) is 8.39. The first kappa shape index (κ1) is 17.1. The SMILES string of the molecule is CC.CCCNc1nccc(-c2cn(C(C)C)nc2C)n1. The summed E-state index contributed by atoms with van der Waals surface area (Å²) < 4.78 is 1.96. The molecule has 5 heteroatoms. The molecule has 0 saturated carbocycles. The predicted octanol–water partition coefficient (Wildman–Crippen LogP) is 4.08. The maximum absolute atomic E-state index is 4.54. The number of nitrogens with one attached hydrogen (secondary N) is 1. The lowest BCUT2D eigenvalue weighted by molar-refractivity contribution is 0.529. The third-order valence-corrected chi connectivity index (χ3v) is 2.91. The molecule has 0 unspecified atom stereocenters. The highest BCUT2D eigenvalue weighted by molar-refractivity contribution is 5.61. The Kier molecular flexibility index (Phi) is 6.85. The number of aromatic nitrogens is 4. The maximum Gasteiger partial charge on any atom is 0.223 e. The van der Waals surface area contributed by atoms with Gasteiger partial charge in [-0.1, -0.05) is 20.8 Å². The number of rotatable bonds is 5. The molecule has 0 atom stereocenters. The van der Waals surface area contributed by atoms with E-state index in [0.717, 1.165) is 29.9 Å². The zero-order valence-electron chi connectivity index (χ0n) is 14.0. The molecule has 0 aromatic carbocycles. The highest BCUT2D eigenvalue weighted by Crippen LogP contribution is 2.22. The van der Waals surface area contributed by atoms with Crippen molar-refractivity contribution in [3.05, 3.63) is 24.2 Å². The summed E-state index contributed by atoms with van der Waals surface area (Å²) in [4.78, 5) is 8.76. The van der Waals surface area contributed by atoms with E-state index >= 15 is 0 Å².